The number of nitrogens with two attached hydrogens (primary N) is 1. The van der Waals surface area contributed by atoms with Gasteiger partial charge in [0.1, 0.15) is 29.9 Å². The van der Waals surface area contributed by atoms with Crippen LogP contribution in [-0.2, 0) is 4.74 Å². The van der Waals surface area contributed by atoms with Crippen molar-refractivity contribution in [2.75, 3.05) is 6.26 Å². The second-order valence-electron chi connectivity index (χ2n) is 3.93. The molecule has 1 aliphatic rings. The Kier molecular flexibility index (Phi) is 5.31. The fourth-order valence-electron chi connectivity index (χ4n) is 1.65. The van der Waals surface area contributed by atoms with E-state index in [9.17, 15) is 15.3 Å². The number of ether oxygens (including phenoxy) is 1. The molecule has 0 saturated carbocycles. The molecular formula is C9H18ClNO4S. The molecule has 0 unspecified atom stereocenters. The molecule has 1 saturated heterocycles. The van der Waals surface area contributed by atoms with Crippen molar-refractivity contribution in [1.29, 1.82) is 0 Å². The van der Waals surface area contributed by atoms with Gasteiger partial charge in [-0.05, 0) is 13.2 Å². The van der Waals surface area contributed by atoms with E-state index in [0.717, 1.165) is 0 Å². The topological polar surface area (TPSA) is 95.9 Å². The molecule has 16 heavy (non-hydrogen) atoms. The zero-order valence-electron chi connectivity index (χ0n) is 9.15. The Balaban J connectivity index is 2.78. The van der Waals surface area contributed by atoms with Crippen LogP contribution in [0.2, 0.25) is 0 Å². The van der Waals surface area contributed by atoms with Gasteiger partial charge in [0.2, 0.25) is 0 Å². The first kappa shape index (κ1) is 14.5. The molecule has 0 amide bonds. The van der Waals surface area contributed by atoms with Gasteiger partial charge in [0.15, 0.2) is 0 Å². The van der Waals surface area contributed by atoms with Crippen LogP contribution in [0.3, 0.4) is 0 Å². The van der Waals surface area contributed by atoms with Gasteiger partial charge in [-0.25, -0.2) is 0 Å². The molecular weight excluding hydrogens is 254 g/mol. The zero-order valence-corrected chi connectivity index (χ0v) is 10.7. The highest BCUT2D eigenvalue weighted by molar-refractivity contribution is 7.99. The molecule has 1 heterocycles. The maximum absolute atomic E-state index is 9.76. The number of hydrogen-bond acceptors (Lipinski definition) is 6. The predicted molar refractivity (Wildman–Crippen MR) is 63.5 cm³/mol. The molecule has 0 radical (unpaired) electrons. The van der Waals surface area contributed by atoms with Gasteiger partial charge in [-0.3, -0.25) is 0 Å². The second kappa shape index (κ2) is 5.86. The first-order valence-electron chi connectivity index (χ1n) is 5.02. The third-order valence-corrected chi connectivity index (χ3v) is 3.89. The lowest BCUT2D eigenvalue weighted by atomic mass is 9.94. The number of halogens is 1. The Morgan fingerprint density at radius 3 is 2.25 bits per heavy atom. The third kappa shape index (κ3) is 2.81. The van der Waals surface area contributed by atoms with Crippen LogP contribution in [-0.4, -0.2) is 62.8 Å². The molecule has 7 heteroatoms. The van der Waals surface area contributed by atoms with E-state index >= 15 is 0 Å². The van der Waals surface area contributed by atoms with Crippen molar-refractivity contribution in [3.8, 4) is 0 Å². The molecule has 5 N–H and O–H groups in total. The van der Waals surface area contributed by atoms with Gasteiger partial charge in [0, 0.05) is 11.4 Å². The standard InChI is InChI=1S/C9H18ClNO4S/c1-3(10)4(11)8-6(13)5(12)7(14)9(15-8)16-2/h3-9,12-14H,11H2,1-2H3/t3-,4+,5-,6+,7+,8+,9+/m0/s1. The van der Waals surface area contributed by atoms with E-state index in [-0.39, 0.29) is 0 Å². The van der Waals surface area contributed by atoms with Gasteiger partial charge in [0.25, 0.3) is 0 Å². The zero-order chi connectivity index (χ0) is 12.5. The molecule has 5 nitrogen and oxygen atoms in total. The van der Waals surface area contributed by atoms with Gasteiger partial charge in [-0.2, -0.15) is 0 Å². The molecule has 7 atom stereocenters. The Bertz CT molecular complexity index is 232. The average molecular weight is 272 g/mol. The van der Waals surface area contributed by atoms with Crippen LogP contribution in [0.25, 0.3) is 0 Å². The molecule has 0 aromatic carbocycles. The summed E-state index contributed by atoms with van der Waals surface area (Å²) in [4.78, 5) is 0. The summed E-state index contributed by atoms with van der Waals surface area (Å²) in [5, 5.41) is 28.6. The minimum absolute atomic E-state index is 0.399. The highest BCUT2D eigenvalue weighted by Crippen LogP contribution is 2.29. The van der Waals surface area contributed by atoms with Crippen LogP contribution in [0.5, 0.6) is 0 Å². The minimum Gasteiger partial charge on any atom is -0.388 e. The summed E-state index contributed by atoms with van der Waals surface area (Å²) < 4.78 is 5.45. The van der Waals surface area contributed by atoms with Crippen molar-refractivity contribution >= 4 is 23.4 Å². The number of alkyl halides is 1. The predicted octanol–water partition coefficient (Wildman–Crippen LogP) is -0.888. The third-order valence-electron chi connectivity index (χ3n) is 2.75. The summed E-state index contributed by atoms with van der Waals surface area (Å²) in [6, 6.07) is -0.603. The molecule has 0 aromatic rings. The minimum atomic E-state index is -1.27. The summed E-state index contributed by atoms with van der Waals surface area (Å²) in [7, 11) is 0. The van der Waals surface area contributed by atoms with E-state index in [1.54, 1.807) is 13.2 Å². The normalized spacial score (nSPS) is 44.1. The van der Waals surface area contributed by atoms with Crippen molar-refractivity contribution in [2.45, 2.75) is 48.2 Å². The highest BCUT2D eigenvalue weighted by atomic mass is 35.5. The molecule has 96 valence electrons. The number of aliphatic hydroxyl groups is 3. The first-order chi connectivity index (χ1) is 7.40. The van der Waals surface area contributed by atoms with Gasteiger partial charge < -0.3 is 25.8 Å². The van der Waals surface area contributed by atoms with E-state index in [1.165, 1.54) is 11.8 Å². The Morgan fingerprint density at radius 1 is 1.25 bits per heavy atom. The van der Waals surface area contributed by atoms with E-state index in [4.69, 9.17) is 22.1 Å². The van der Waals surface area contributed by atoms with Crippen LogP contribution < -0.4 is 5.73 Å². The molecule has 1 rings (SSSR count). The summed E-state index contributed by atoms with van der Waals surface area (Å²) in [5.41, 5.74) is 5.18. The number of hydrogen-bond donors (Lipinski definition) is 4. The fourth-order valence-corrected chi connectivity index (χ4v) is 2.47. The lowest BCUT2D eigenvalue weighted by molar-refractivity contribution is -0.202. The van der Waals surface area contributed by atoms with E-state index in [1.807, 2.05) is 0 Å². The summed E-state index contributed by atoms with van der Waals surface area (Å²) in [5.74, 6) is 0. The largest absolute Gasteiger partial charge is 0.388 e. The lowest BCUT2D eigenvalue weighted by Gasteiger charge is -2.42. The van der Waals surface area contributed by atoms with Crippen molar-refractivity contribution in [3.63, 3.8) is 0 Å². The van der Waals surface area contributed by atoms with Crippen molar-refractivity contribution in [2.24, 2.45) is 5.73 Å². The molecule has 1 aliphatic heterocycles. The van der Waals surface area contributed by atoms with E-state index < -0.39 is 41.3 Å². The Hall–Kier alpha value is 0.440. The van der Waals surface area contributed by atoms with Crippen molar-refractivity contribution < 1.29 is 20.1 Å². The molecule has 0 spiro atoms. The first-order valence-corrected chi connectivity index (χ1v) is 6.74. The second-order valence-corrected chi connectivity index (χ2v) is 5.56. The van der Waals surface area contributed by atoms with Gasteiger partial charge >= 0.3 is 0 Å². The smallest absolute Gasteiger partial charge is 0.132 e. The van der Waals surface area contributed by atoms with Crippen LogP contribution in [0, 0.1) is 0 Å². The summed E-state index contributed by atoms with van der Waals surface area (Å²) in [6.07, 6.45) is -2.65. The van der Waals surface area contributed by atoms with Gasteiger partial charge in [-0.1, -0.05) is 0 Å². The van der Waals surface area contributed by atoms with E-state index in [0.29, 0.717) is 0 Å². The maximum atomic E-state index is 9.76. The molecule has 1 fully saturated rings. The number of rotatable bonds is 3. The van der Waals surface area contributed by atoms with Crippen LogP contribution in [0.15, 0.2) is 0 Å². The summed E-state index contributed by atoms with van der Waals surface area (Å²) in [6.45, 7) is 1.69. The Labute approximate surface area is 104 Å². The molecule has 0 bridgehead atoms. The fraction of sp³-hybridized carbons (Fsp3) is 1.00. The quantitative estimate of drug-likeness (QED) is 0.498. The number of thioether (sulfide) groups is 1. The van der Waals surface area contributed by atoms with Crippen molar-refractivity contribution in [1.82, 2.24) is 0 Å². The van der Waals surface area contributed by atoms with Crippen molar-refractivity contribution in [3.05, 3.63) is 0 Å². The average Bonchev–Trinajstić information content (AvgIpc) is 2.25. The monoisotopic (exact) mass is 271 g/mol. The number of aliphatic hydroxyl groups excluding tert-OH is 3. The summed E-state index contributed by atoms with van der Waals surface area (Å²) >= 11 is 7.09. The van der Waals surface area contributed by atoms with Crippen LogP contribution in [0.4, 0.5) is 0 Å². The van der Waals surface area contributed by atoms with Gasteiger partial charge in [0.05, 0.1) is 0 Å². The van der Waals surface area contributed by atoms with E-state index in [2.05, 4.69) is 0 Å². The SMILES string of the molecule is CS[C@H]1O[C@H]([C@H](N)[C@H](C)Cl)[C@H](O)[C@H](O)[C@H]1O. The molecule has 0 aromatic heterocycles. The van der Waals surface area contributed by atoms with Crippen LogP contribution in [0.1, 0.15) is 6.92 Å². The Morgan fingerprint density at radius 2 is 1.81 bits per heavy atom. The molecule has 0 aliphatic carbocycles. The van der Waals surface area contributed by atoms with Gasteiger partial charge in [-0.15, -0.1) is 23.4 Å². The maximum Gasteiger partial charge on any atom is 0.132 e. The lowest BCUT2D eigenvalue weighted by Crippen LogP contribution is -2.62. The van der Waals surface area contributed by atoms with Crippen LogP contribution >= 0.6 is 23.4 Å². The highest BCUT2D eigenvalue weighted by Gasteiger charge is 2.46.